The number of anilines is 1. The zero-order chi connectivity index (χ0) is 16.9. The van der Waals surface area contributed by atoms with Crippen molar-refractivity contribution >= 4 is 11.7 Å². The van der Waals surface area contributed by atoms with Gasteiger partial charge in [0.2, 0.25) is 0 Å². The van der Waals surface area contributed by atoms with Crippen molar-refractivity contribution in [3.63, 3.8) is 0 Å². The summed E-state index contributed by atoms with van der Waals surface area (Å²) in [7, 11) is 0. The third kappa shape index (κ3) is 9.24. The van der Waals surface area contributed by atoms with Gasteiger partial charge in [-0.2, -0.15) is 0 Å². The molecule has 130 valence electrons. The molecular weight excluding hydrogens is 288 g/mol. The number of unbranched alkanes of at least 4 members (excludes halogenated alkanes) is 5. The number of carbonyl (C=O) groups is 1. The number of nitrogen functional groups attached to an aromatic ring is 1. The summed E-state index contributed by atoms with van der Waals surface area (Å²) in [4.78, 5) is 11.8. The highest BCUT2D eigenvalue weighted by atomic mass is 16.5. The van der Waals surface area contributed by atoms with Gasteiger partial charge in [-0.1, -0.05) is 45.4 Å². The Bertz CT molecular complexity index is 432. The van der Waals surface area contributed by atoms with Crippen molar-refractivity contribution in [1.82, 2.24) is 5.32 Å². The van der Waals surface area contributed by atoms with Crippen LogP contribution >= 0.6 is 0 Å². The lowest BCUT2D eigenvalue weighted by atomic mass is 10.1. The molecule has 0 saturated carbocycles. The fraction of sp³-hybridized carbons (Fsp3) is 0.632. The number of rotatable bonds is 12. The lowest BCUT2D eigenvalue weighted by Crippen LogP contribution is -2.30. The van der Waals surface area contributed by atoms with E-state index < -0.39 is 0 Å². The monoisotopic (exact) mass is 320 g/mol. The molecule has 0 aliphatic heterocycles. The molecule has 0 amide bonds. The van der Waals surface area contributed by atoms with Gasteiger partial charge in [-0.25, -0.2) is 4.79 Å². The Hall–Kier alpha value is -1.55. The van der Waals surface area contributed by atoms with Gasteiger partial charge >= 0.3 is 5.97 Å². The largest absolute Gasteiger partial charge is 0.461 e. The van der Waals surface area contributed by atoms with Gasteiger partial charge in [0.15, 0.2) is 0 Å². The topological polar surface area (TPSA) is 64.3 Å². The van der Waals surface area contributed by atoms with E-state index in [2.05, 4.69) is 19.2 Å². The maximum absolute atomic E-state index is 11.8. The summed E-state index contributed by atoms with van der Waals surface area (Å²) in [5, 5.41) is 3.40. The first-order chi connectivity index (χ1) is 11.1. The first-order valence-corrected chi connectivity index (χ1v) is 8.89. The Labute approximate surface area is 140 Å². The van der Waals surface area contributed by atoms with Gasteiger partial charge in [-0.05, 0) is 37.6 Å². The van der Waals surface area contributed by atoms with Crippen LogP contribution < -0.4 is 11.1 Å². The van der Waals surface area contributed by atoms with Crippen LogP contribution in [0.15, 0.2) is 24.3 Å². The maximum atomic E-state index is 11.8. The molecule has 0 saturated heterocycles. The maximum Gasteiger partial charge on any atom is 0.338 e. The smallest absolute Gasteiger partial charge is 0.338 e. The molecule has 1 rings (SSSR count). The minimum Gasteiger partial charge on any atom is -0.461 e. The third-order valence-electron chi connectivity index (χ3n) is 3.97. The third-order valence-corrected chi connectivity index (χ3v) is 3.97. The van der Waals surface area contributed by atoms with E-state index in [-0.39, 0.29) is 5.97 Å². The molecular formula is C19H32N2O2. The van der Waals surface area contributed by atoms with Gasteiger partial charge in [0.05, 0.1) is 5.56 Å². The van der Waals surface area contributed by atoms with Crippen molar-refractivity contribution in [3.05, 3.63) is 29.8 Å². The van der Waals surface area contributed by atoms with Crippen LogP contribution in [0.2, 0.25) is 0 Å². The second-order valence-corrected chi connectivity index (χ2v) is 6.17. The van der Waals surface area contributed by atoms with Gasteiger partial charge in [0, 0.05) is 18.3 Å². The lowest BCUT2D eigenvalue weighted by molar-refractivity contribution is 0.0506. The summed E-state index contributed by atoms with van der Waals surface area (Å²) in [6.07, 6.45) is 9.12. The van der Waals surface area contributed by atoms with Crippen molar-refractivity contribution in [2.45, 2.75) is 64.8 Å². The zero-order valence-electron chi connectivity index (χ0n) is 14.6. The van der Waals surface area contributed by atoms with Crippen LogP contribution in [0.5, 0.6) is 0 Å². The van der Waals surface area contributed by atoms with Crippen LogP contribution in [0.1, 0.15) is 69.2 Å². The van der Waals surface area contributed by atoms with Crippen LogP contribution in [-0.2, 0) is 4.74 Å². The molecule has 0 aromatic heterocycles. The highest BCUT2D eigenvalue weighted by Gasteiger charge is 2.07. The number of esters is 1. The average molecular weight is 320 g/mol. The van der Waals surface area contributed by atoms with Crippen LogP contribution in [0.3, 0.4) is 0 Å². The van der Waals surface area contributed by atoms with Gasteiger partial charge < -0.3 is 15.8 Å². The molecule has 4 heteroatoms. The molecule has 0 spiro atoms. The summed E-state index contributed by atoms with van der Waals surface area (Å²) >= 11 is 0. The summed E-state index contributed by atoms with van der Waals surface area (Å²) in [6, 6.07) is 7.25. The molecule has 0 aliphatic carbocycles. The Morgan fingerprint density at radius 3 is 2.48 bits per heavy atom. The summed E-state index contributed by atoms with van der Waals surface area (Å²) in [6.45, 7) is 5.52. The molecule has 0 radical (unpaired) electrons. The highest BCUT2D eigenvalue weighted by Crippen LogP contribution is 2.09. The predicted molar refractivity (Wildman–Crippen MR) is 96.6 cm³/mol. The number of nitrogens with one attached hydrogen (secondary N) is 1. The van der Waals surface area contributed by atoms with E-state index in [9.17, 15) is 4.79 Å². The van der Waals surface area contributed by atoms with E-state index in [0.29, 0.717) is 30.4 Å². The van der Waals surface area contributed by atoms with Gasteiger partial charge in [-0.3, -0.25) is 0 Å². The first-order valence-electron chi connectivity index (χ1n) is 8.89. The minimum absolute atomic E-state index is 0.296. The van der Waals surface area contributed by atoms with Crippen molar-refractivity contribution in [2.24, 2.45) is 0 Å². The number of ether oxygens (including phenoxy) is 1. The molecule has 0 unspecified atom stereocenters. The zero-order valence-corrected chi connectivity index (χ0v) is 14.6. The molecule has 0 heterocycles. The SMILES string of the molecule is CCCCCCCC[C@H](C)NCCOC(=O)c1ccc(N)cc1. The van der Waals surface area contributed by atoms with E-state index in [1.807, 2.05) is 0 Å². The number of hydrogen-bond donors (Lipinski definition) is 2. The molecule has 4 nitrogen and oxygen atoms in total. The molecule has 1 atom stereocenters. The number of benzene rings is 1. The predicted octanol–water partition coefficient (Wildman–Crippen LogP) is 4.15. The van der Waals surface area contributed by atoms with Crippen LogP contribution in [0.4, 0.5) is 5.69 Å². The molecule has 3 N–H and O–H groups in total. The Morgan fingerprint density at radius 2 is 1.78 bits per heavy atom. The molecule has 0 bridgehead atoms. The summed E-state index contributed by atoms with van der Waals surface area (Å²) < 4.78 is 5.25. The first kappa shape index (κ1) is 19.5. The molecule has 1 aromatic rings. The van der Waals surface area contributed by atoms with Gasteiger partial charge in [0.1, 0.15) is 6.61 Å². The van der Waals surface area contributed by atoms with Crippen LogP contribution in [-0.4, -0.2) is 25.2 Å². The second-order valence-electron chi connectivity index (χ2n) is 6.17. The van der Waals surface area contributed by atoms with Crippen molar-refractivity contribution in [1.29, 1.82) is 0 Å². The molecule has 23 heavy (non-hydrogen) atoms. The highest BCUT2D eigenvalue weighted by molar-refractivity contribution is 5.89. The fourth-order valence-corrected chi connectivity index (χ4v) is 2.48. The Kier molecular flexibility index (Phi) is 10.1. The minimum atomic E-state index is -0.296. The van der Waals surface area contributed by atoms with Crippen LogP contribution in [0.25, 0.3) is 0 Å². The van der Waals surface area contributed by atoms with Crippen molar-refractivity contribution in [2.75, 3.05) is 18.9 Å². The molecule has 0 fully saturated rings. The van der Waals surface area contributed by atoms with E-state index in [1.54, 1.807) is 24.3 Å². The fourth-order valence-electron chi connectivity index (χ4n) is 2.48. The number of carbonyl (C=O) groups excluding carboxylic acids is 1. The Morgan fingerprint density at radius 1 is 1.13 bits per heavy atom. The standard InChI is InChI=1S/C19H32N2O2/c1-3-4-5-6-7-8-9-16(2)21-14-15-23-19(22)17-10-12-18(20)13-11-17/h10-13,16,21H,3-9,14-15,20H2,1-2H3/t16-/m0/s1. The van der Waals surface area contributed by atoms with E-state index in [1.165, 1.54) is 44.9 Å². The number of hydrogen-bond acceptors (Lipinski definition) is 4. The normalized spacial score (nSPS) is 12.1. The van der Waals surface area contributed by atoms with Crippen LogP contribution in [0, 0.1) is 0 Å². The van der Waals surface area contributed by atoms with Gasteiger partial charge in [-0.15, -0.1) is 0 Å². The van der Waals surface area contributed by atoms with E-state index >= 15 is 0 Å². The molecule has 1 aromatic carbocycles. The van der Waals surface area contributed by atoms with Crippen molar-refractivity contribution < 1.29 is 9.53 Å². The summed E-state index contributed by atoms with van der Waals surface area (Å²) in [5.74, 6) is -0.296. The van der Waals surface area contributed by atoms with Crippen molar-refractivity contribution in [3.8, 4) is 0 Å². The summed E-state index contributed by atoms with van der Waals surface area (Å²) in [5.41, 5.74) is 6.78. The second kappa shape index (κ2) is 11.9. The molecule has 0 aliphatic rings. The number of nitrogens with two attached hydrogens (primary N) is 1. The Balaban J connectivity index is 2.03. The quantitative estimate of drug-likeness (QED) is 0.345. The average Bonchev–Trinajstić information content (AvgIpc) is 2.55. The lowest BCUT2D eigenvalue weighted by Gasteiger charge is -2.13. The van der Waals surface area contributed by atoms with Gasteiger partial charge in [0.25, 0.3) is 0 Å². The van der Waals surface area contributed by atoms with E-state index in [4.69, 9.17) is 10.5 Å². The van der Waals surface area contributed by atoms with E-state index in [0.717, 1.165) is 0 Å².